The number of nitrogens with one attached hydrogen (secondary N) is 1. The van der Waals surface area contributed by atoms with Crippen molar-refractivity contribution < 1.29 is 4.79 Å². The highest BCUT2D eigenvalue weighted by molar-refractivity contribution is 5.85. The molecule has 3 nitrogen and oxygen atoms in total. The maximum Gasteiger partial charge on any atom is 0.137 e. The predicted molar refractivity (Wildman–Crippen MR) is 87.1 cm³/mol. The van der Waals surface area contributed by atoms with Crippen molar-refractivity contribution >= 4 is 11.5 Å². The van der Waals surface area contributed by atoms with Crippen LogP contribution in [0.2, 0.25) is 0 Å². The highest BCUT2D eigenvalue weighted by Gasteiger charge is 2.67. The quantitative estimate of drug-likeness (QED) is 0.865. The van der Waals surface area contributed by atoms with Crippen LogP contribution in [0.15, 0.2) is 24.3 Å². The first-order chi connectivity index (χ1) is 10.7. The summed E-state index contributed by atoms with van der Waals surface area (Å²) in [5.74, 6) is 0.436. The van der Waals surface area contributed by atoms with Crippen molar-refractivity contribution in [2.75, 3.05) is 18.4 Å². The largest absolute Gasteiger partial charge is 0.381 e. The third-order valence-electron chi connectivity index (χ3n) is 7.22. The van der Waals surface area contributed by atoms with E-state index in [-0.39, 0.29) is 10.8 Å². The number of anilines is 1. The molecule has 0 bridgehead atoms. The van der Waals surface area contributed by atoms with Crippen molar-refractivity contribution in [1.29, 1.82) is 0 Å². The molecule has 1 aromatic carbocycles. The summed E-state index contributed by atoms with van der Waals surface area (Å²) >= 11 is 0. The van der Waals surface area contributed by atoms with Gasteiger partial charge in [-0.1, -0.05) is 18.2 Å². The van der Waals surface area contributed by atoms with Gasteiger partial charge in [0.1, 0.15) is 5.78 Å². The summed E-state index contributed by atoms with van der Waals surface area (Å²) in [5, 5.41) is 3.81. The standard InChI is InChI=1S/C19H24N2O/c1-13(22)18-8-4-11-21-12-10-19(17(18)21)14-5-2-3-6-15(14)20-16(19)7-9-18/h2-3,5-6,16-17,20H,4,7-12H2,1H3/t16-,17-,18-,19-/m1/s1. The molecule has 3 aliphatic heterocycles. The Hall–Kier alpha value is -1.35. The van der Waals surface area contributed by atoms with Crippen molar-refractivity contribution in [3.8, 4) is 0 Å². The number of ketones is 1. The second-order valence-corrected chi connectivity index (χ2v) is 7.83. The molecule has 1 spiro atoms. The molecule has 0 aromatic heterocycles. The van der Waals surface area contributed by atoms with Crippen LogP contribution in [0.4, 0.5) is 5.69 Å². The van der Waals surface area contributed by atoms with Gasteiger partial charge in [0.15, 0.2) is 0 Å². The first kappa shape index (κ1) is 13.1. The van der Waals surface area contributed by atoms with E-state index in [1.54, 1.807) is 0 Å². The summed E-state index contributed by atoms with van der Waals surface area (Å²) in [6.45, 7) is 4.19. The molecule has 22 heavy (non-hydrogen) atoms. The van der Waals surface area contributed by atoms with E-state index in [0.717, 1.165) is 25.8 Å². The van der Waals surface area contributed by atoms with Gasteiger partial charge in [0, 0.05) is 28.6 Å². The van der Waals surface area contributed by atoms with E-state index in [0.29, 0.717) is 17.9 Å². The van der Waals surface area contributed by atoms with Crippen LogP contribution in [-0.2, 0) is 10.2 Å². The predicted octanol–water partition coefficient (Wildman–Crippen LogP) is 2.96. The molecule has 4 aliphatic rings. The molecular weight excluding hydrogens is 272 g/mol. The summed E-state index contributed by atoms with van der Waals surface area (Å²) in [7, 11) is 0. The lowest BCUT2D eigenvalue weighted by Crippen LogP contribution is -2.65. The van der Waals surface area contributed by atoms with Gasteiger partial charge in [-0.05, 0) is 63.7 Å². The fourth-order valence-electron chi connectivity index (χ4n) is 6.44. The zero-order valence-electron chi connectivity index (χ0n) is 13.3. The Morgan fingerprint density at radius 2 is 2.09 bits per heavy atom. The molecule has 0 amide bonds. The highest BCUT2D eigenvalue weighted by Crippen LogP contribution is 2.63. The average Bonchev–Trinajstić information content (AvgIpc) is 3.08. The van der Waals surface area contributed by atoms with E-state index in [1.807, 2.05) is 6.92 Å². The average molecular weight is 296 g/mol. The number of hydrogen-bond donors (Lipinski definition) is 1. The lowest BCUT2D eigenvalue weighted by Gasteiger charge is -2.56. The number of carbonyl (C=O) groups is 1. The van der Waals surface area contributed by atoms with Gasteiger partial charge in [-0.15, -0.1) is 0 Å². The third kappa shape index (κ3) is 1.31. The second kappa shape index (κ2) is 4.14. The van der Waals surface area contributed by atoms with Crippen LogP contribution in [0.1, 0.15) is 44.6 Å². The Morgan fingerprint density at radius 3 is 2.95 bits per heavy atom. The summed E-state index contributed by atoms with van der Waals surface area (Å²) in [6.07, 6.45) is 5.70. The minimum Gasteiger partial charge on any atom is -0.381 e. The van der Waals surface area contributed by atoms with Crippen LogP contribution < -0.4 is 5.32 Å². The number of hydrogen-bond acceptors (Lipinski definition) is 3. The number of Topliss-reactive ketones (excluding diaryl/α,β-unsaturated/α-hetero) is 1. The first-order valence-electron chi connectivity index (χ1n) is 8.80. The summed E-state index contributed by atoms with van der Waals surface area (Å²) in [6, 6.07) is 9.78. The minimum atomic E-state index is -0.0929. The Kier molecular flexibility index (Phi) is 2.47. The molecule has 3 heteroatoms. The van der Waals surface area contributed by atoms with Crippen molar-refractivity contribution in [2.45, 2.75) is 56.5 Å². The summed E-state index contributed by atoms with van der Waals surface area (Å²) in [5.41, 5.74) is 2.88. The molecule has 3 fully saturated rings. The number of nitrogens with zero attached hydrogens (tertiary/aromatic N) is 1. The second-order valence-electron chi connectivity index (χ2n) is 7.83. The fraction of sp³-hybridized carbons (Fsp3) is 0.632. The van der Waals surface area contributed by atoms with E-state index in [2.05, 4.69) is 34.5 Å². The lowest BCUT2D eigenvalue weighted by molar-refractivity contribution is -0.139. The minimum absolute atomic E-state index is 0.0929. The van der Waals surface area contributed by atoms with Gasteiger partial charge in [0.2, 0.25) is 0 Å². The molecule has 1 N–H and O–H groups in total. The third-order valence-corrected chi connectivity index (χ3v) is 7.22. The Balaban J connectivity index is 1.74. The van der Waals surface area contributed by atoms with E-state index in [9.17, 15) is 4.79 Å². The van der Waals surface area contributed by atoms with Crippen LogP contribution in [-0.4, -0.2) is 35.9 Å². The molecule has 5 rings (SSSR count). The fourth-order valence-corrected chi connectivity index (χ4v) is 6.44. The van der Waals surface area contributed by atoms with Gasteiger partial charge in [0.25, 0.3) is 0 Å². The normalized spacial score (nSPS) is 42.2. The number of fused-ring (bicyclic) bond motifs is 1. The first-order valence-corrected chi connectivity index (χ1v) is 8.80. The molecule has 1 saturated carbocycles. The van der Waals surface area contributed by atoms with E-state index >= 15 is 0 Å². The monoisotopic (exact) mass is 296 g/mol. The Morgan fingerprint density at radius 1 is 1.23 bits per heavy atom. The van der Waals surface area contributed by atoms with Gasteiger partial charge in [-0.25, -0.2) is 0 Å². The van der Waals surface area contributed by atoms with Crippen molar-refractivity contribution in [3.63, 3.8) is 0 Å². The van der Waals surface area contributed by atoms with Gasteiger partial charge < -0.3 is 5.32 Å². The van der Waals surface area contributed by atoms with Gasteiger partial charge in [-0.3, -0.25) is 9.69 Å². The van der Waals surface area contributed by atoms with Crippen LogP contribution >= 0.6 is 0 Å². The van der Waals surface area contributed by atoms with Crippen molar-refractivity contribution in [2.24, 2.45) is 5.41 Å². The molecule has 3 heterocycles. The van der Waals surface area contributed by atoms with Crippen LogP contribution in [0.3, 0.4) is 0 Å². The van der Waals surface area contributed by atoms with Crippen LogP contribution in [0.5, 0.6) is 0 Å². The molecule has 1 aliphatic carbocycles. The molecule has 0 radical (unpaired) electrons. The molecule has 2 saturated heterocycles. The smallest absolute Gasteiger partial charge is 0.137 e. The molecule has 116 valence electrons. The number of rotatable bonds is 1. The number of piperidine rings is 1. The molecule has 4 atom stereocenters. The van der Waals surface area contributed by atoms with Crippen LogP contribution in [0.25, 0.3) is 0 Å². The van der Waals surface area contributed by atoms with E-state index in [4.69, 9.17) is 0 Å². The maximum atomic E-state index is 12.7. The van der Waals surface area contributed by atoms with Gasteiger partial charge in [-0.2, -0.15) is 0 Å². The SMILES string of the molecule is CC(=O)[C@@]12CCCN3CC[C@]4(c5ccccc5N[C@@H]4CC1)[C@H]32. The van der Waals surface area contributed by atoms with Gasteiger partial charge in [0.05, 0.1) is 0 Å². The number of para-hydroxylation sites is 1. The van der Waals surface area contributed by atoms with E-state index in [1.165, 1.54) is 30.6 Å². The maximum absolute atomic E-state index is 12.7. The molecule has 1 aromatic rings. The van der Waals surface area contributed by atoms with Gasteiger partial charge >= 0.3 is 0 Å². The molecule has 0 unspecified atom stereocenters. The molecular formula is C19H24N2O. The highest BCUT2D eigenvalue weighted by atomic mass is 16.1. The van der Waals surface area contributed by atoms with Crippen LogP contribution in [0, 0.1) is 5.41 Å². The van der Waals surface area contributed by atoms with E-state index < -0.39 is 0 Å². The Bertz CT molecular complexity index is 657. The number of carbonyl (C=O) groups excluding carboxylic acids is 1. The number of benzene rings is 1. The topological polar surface area (TPSA) is 32.3 Å². The lowest BCUT2D eigenvalue weighted by atomic mass is 9.52. The van der Waals surface area contributed by atoms with Crippen molar-refractivity contribution in [3.05, 3.63) is 29.8 Å². The Labute approximate surface area is 132 Å². The zero-order valence-corrected chi connectivity index (χ0v) is 13.3. The zero-order chi connectivity index (χ0) is 14.9. The summed E-state index contributed by atoms with van der Waals surface area (Å²) < 4.78 is 0. The van der Waals surface area contributed by atoms with Crippen molar-refractivity contribution in [1.82, 2.24) is 4.90 Å². The summed E-state index contributed by atoms with van der Waals surface area (Å²) in [4.78, 5) is 15.4.